The van der Waals surface area contributed by atoms with Gasteiger partial charge in [0.25, 0.3) is 0 Å². The van der Waals surface area contributed by atoms with E-state index < -0.39 is 11.3 Å². The maximum atomic E-state index is 13.3. The molecule has 0 saturated heterocycles. The first-order chi connectivity index (χ1) is 23.4. The molecule has 0 spiro atoms. The van der Waals surface area contributed by atoms with Gasteiger partial charge in [-0.15, -0.1) is 0 Å². The van der Waals surface area contributed by atoms with Gasteiger partial charge in [0.1, 0.15) is 34.2 Å². The molecule has 0 atom stereocenters. The van der Waals surface area contributed by atoms with Crippen molar-refractivity contribution in [2.24, 2.45) is 0 Å². The Balaban J connectivity index is 1.42. The Morgan fingerprint density at radius 2 is 1.04 bits per heavy atom. The smallest absolute Gasteiger partial charge is 0.340 e. The molecule has 0 aliphatic heterocycles. The highest BCUT2D eigenvalue weighted by Crippen LogP contribution is 2.40. The Kier molecular flexibility index (Phi) is 9.32. The minimum absolute atomic E-state index is 0.0198. The number of rotatable bonds is 10. The fourth-order valence-electron chi connectivity index (χ4n) is 5.95. The second-order valence-electron chi connectivity index (χ2n) is 12.0. The second-order valence-corrected chi connectivity index (χ2v) is 12.8. The summed E-state index contributed by atoms with van der Waals surface area (Å²) in [5.74, 6) is -0.107. The van der Waals surface area contributed by atoms with Crippen LogP contribution in [0.5, 0.6) is 11.5 Å². The van der Waals surface area contributed by atoms with Crippen LogP contribution in [0.1, 0.15) is 47.2 Å². The number of ketones is 2. The average Bonchev–Trinajstić information content (AvgIpc) is 3.02. The molecule has 49 heavy (non-hydrogen) atoms. The topological polar surface area (TPSA) is 156 Å². The van der Waals surface area contributed by atoms with E-state index >= 15 is 0 Å². The predicted molar refractivity (Wildman–Crippen MR) is 191 cm³/mol. The Morgan fingerprint density at radius 3 is 1.41 bits per heavy atom. The minimum Gasteiger partial charge on any atom is -0.454 e. The minimum atomic E-state index is -0.614. The van der Waals surface area contributed by atoms with Crippen LogP contribution in [-0.4, -0.2) is 11.6 Å². The molecule has 4 aromatic carbocycles. The molecule has 11 heteroatoms. The lowest BCUT2D eigenvalue weighted by molar-refractivity contribution is -0.117. The van der Waals surface area contributed by atoms with E-state index in [0.29, 0.717) is 44.4 Å². The monoisotopic (exact) mass is 696 g/mol. The largest absolute Gasteiger partial charge is 0.454 e. The zero-order valence-electron chi connectivity index (χ0n) is 26.5. The third-order valence-corrected chi connectivity index (χ3v) is 8.67. The number of nitrogens with two attached hydrogens (primary N) is 2. The van der Waals surface area contributed by atoms with Crippen LogP contribution < -0.4 is 27.5 Å². The predicted octanol–water partition coefficient (Wildman–Crippen LogP) is 7.61. The van der Waals surface area contributed by atoms with Gasteiger partial charge in [-0.2, -0.15) is 0 Å². The number of Topliss-reactive ketones (excluding diaryl/α,β-unsaturated/α-hetero) is 2. The van der Waals surface area contributed by atoms with E-state index in [-0.39, 0.29) is 70.0 Å². The van der Waals surface area contributed by atoms with E-state index in [0.717, 1.165) is 11.1 Å². The average molecular weight is 698 g/mol. The Bertz CT molecular complexity index is 2260. The van der Waals surface area contributed by atoms with E-state index in [9.17, 15) is 19.2 Å². The highest BCUT2D eigenvalue weighted by atomic mass is 35.5. The summed E-state index contributed by atoms with van der Waals surface area (Å²) < 4.78 is 17.5. The van der Waals surface area contributed by atoms with Crippen molar-refractivity contribution < 1.29 is 23.2 Å². The number of hydrogen-bond acceptors (Lipinski definition) is 9. The van der Waals surface area contributed by atoms with Crippen LogP contribution in [0.4, 0.5) is 11.4 Å². The molecule has 2 aromatic heterocycles. The summed E-state index contributed by atoms with van der Waals surface area (Å²) in [4.78, 5) is 51.2. The van der Waals surface area contributed by atoms with Gasteiger partial charge in [-0.3, -0.25) is 9.59 Å². The third-order valence-electron chi connectivity index (χ3n) is 8.08. The Morgan fingerprint density at radius 1 is 0.633 bits per heavy atom. The van der Waals surface area contributed by atoms with Crippen molar-refractivity contribution in [3.05, 3.63) is 137 Å². The first-order valence-corrected chi connectivity index (χ1v) is 16.0. The summed E-state index contributed by atoms with van der Waals surface area (Å²) in [6, 6.07) is 20.2. The van der Waals surface area contributed by atoms with Gasteiger partial charge in [0.15, 0.2) is 0 Å². The van der Waals surface area contributed by atoms with Crippen molar-refractivity contribution >= 4 is 68.1 Å². The number of hydrogen-bond donors (Lipinski definition) is 2. The second kappa shape index (κ2) is 13.6. The lowest BCUT2D eigenvalue weighted by Crippen LogP contribution is -2.15. The molecule has 6 rings (SSSR count). The molecule has 0 unspecified atom stereocenters. The maximum Gasteiger partial charge on any atom is 0.340 e. The summed E-state index contributed by atoms with van der Waals surface area (Å²) in [7, 11) is 0. The quantitative estimate of drug-likeness (QED) is 0.109. The zero-order chi connectivity index (χ0) is 35.0. The molecular formula is C38H30Cl2N2O7. The van der Waals surface area contributed by atoms with Gasteiger partial charge in [-0.25, -0.2) is 9.59 Å². The van der Waals surface area contributed by atoms with Crippen molar-refractivity contribution in [3.8, 4) is 11.5 Å². The number of halogens is 2. The molecule has 0 radical (unpaired) electrons. The summed E-state index contributed by atoms with van der Waals surface area (Å²) in [5, 5.41) is 1.24. The van der Waals surface area contributed by atoms with Gasteiger partial charge in [-0.05, 0) is 72.5 Å². The number of benzene rings is 4. The maximum absolute atomic E-state index is 13.3. The fraction of sp³-hybridized carbons (Fsp3) is 0.158. The number of carbonyl (C=O) groups is 2. The van der Waals surface area contributed by atoms with E-state index in [4.69, 9.17) is 48.2 Å². The lowest BCUT2D eigenvalue weighted by atomic mass is 9.95. The molecule has 0 aliphatic carbocycles. The van der Waals surface area contributed by atoms with Gasteiger partial charge in [0.2, 0.25) is 0 Å². The molecule has 0 fully saturated rings. The zero-order valence-corrected chi connectivity index (χ0v) is 28.0. The van der Waals surface area contributed by atoms with Crippen LogP contribution in [0.15, 0.2) is 91.2 Å². The highest BCUT2D eigenvalue weighted by Gasteiger charge is 2.22. The van der Waals surface area contributed by atoms with Gasteiger partial charge in [0, 0.05) is 71.1 Å². The van der Waals surface area contributed by atoms with Crippen LogP contribution in [0.25, 0.3) is 21.9 Å². The number of nitrogen functional groups attached to an aromatic ring is 2. The number of fused-ring (bicyclic) bond motifs is 2. The van der Waals surface area contributed by atoms with E-state index in [1.807, 2.05) is 12.1 Å². The van der Waals surface area contributed by atoms with Crippen LogP contribution >= 0.6 is 23.2 Å². The molecule has 6 aromatic rings. The highest BCUT2D eigenvalue weighted by molar-refractivity contribution is 6.33. The summed E-state index contributed by atoms with van der Waals surface area (Å²) in [6.07, 6.45) is 0.362. The first kappa shape index (κ1) is 33.5. The Hall–Kier alpha value is -5.38. The van der Waals surface area contributed by atoms with Gasteiger partial charge in [0.05, 0.1) is 10.0 Å². The lowest BCUT2D eigenvalue weighted by Gasteiger charge is -2.15. The molecule has 0 amide bonds. The fourth-order valence-corrected chi connectivity index (χ4v) is 6.36. The molecule has 0 saturated carbocycles. The van der Waals surface area contributed by atoms with Crippen molar-refractivity contribution in [1.29, 1.82) is 0 Å². The summed E-state index contributed by atoms with van der Waals surface area (Å²) in [6.45, 7) is 2.87. The standard InChI is InChI=1S/C38H30Cl2N2O7/c1-19(43)9-25-27-15-31(39)35(17-33(27)48-37(45)29(25)13-21-5-3-7-23(41)11-21)47-36-18-34-28(16-32(36)40)26(10-20(2)44)30(38(46)49-34)14-22-6-4-8-24(42)12-22/h3-8,11-12,15-18H,9-10,13-14,41-42H2,1-2H3. The third kappa shape index (κ3) is 7.23. The summed E-state index contributed by atoms with van der Waals surface area (Å²) in [5.41, 5.74) is 15.2. The van der Waals surface area contributed by atoms with Crippen LogP contribution in [0, 0.1) is 0 Å². The molecule has 248 valence electrons. The number of carbonyl (C=O) groups excluding carboxylic acids is 2. The first-order valence-electron chi connectivity index (χ1n) is 15.3. The van der Waals surface area contributed by atoms with Crippen LogP contribution in [-0.2, 0) is 35.3 Å². The normalized spacial score (nSPS) is 11.3. The van der Waals surface area contributed by atoms with Crippen molar-refractivity contribution in [3.63, 3.8) is 0 Å². The molecular weight excluding hydrogens is 667 g/mol. The SMILES string of the molecule is CC(=O)Cc1c(Cc2cccc(N)c2)c(=O)oc2cc(Oc3cc4oc(=O)c(Cc5cccc(N)c5)c(CC(C)=O)c4cc3Cl)c(Cl)cc12. The van der Waals surface area contributed by atoms with Crippen LogP contribution in [0.2, 0.25) is 10.0 Å². The molecule has 2 heterocycles. The Labute approximate surface area is 290 Å². The van der Waals surface area contributed by atoms with Gasteiger partial charge < -0.3 is 25.0 Å². The van der Waals surface area contributed by atoms with E-state index in [1.165, 1.54) is 26.0 Å². The summed E-state index contributed by atoms with van der Waals surface area (Å²) >= 11 is 13.4. The molecule has 9 nitrogen and oxygen atoms in total. The van der Waals surface area contributed by atoms with Crippen molar-refractivity contribution in [2.75, 3.05) is 11.5 Å². The van der Waals surface area contributed by atoms with Crippen molar-refractivity contribution in [1.82, 2.24) is 0 Å². The molecule has 0 bridgehead atoms. The van der Waals surface area contributed by atoms with Gasteiger partial charge >= 0.3 is 11.3 Å². The molecule has 4 N–H and O–H groups in total. The van der Waals surface area contributed by atoms with Crippen molar-refractivity contribution in [2.45, 2.75) is 39.5 Å². The van der Waals surface area contributed by atoms with Crippen LogP contribution in [0.3, 0.4) is 0 Å². The molecule has 0 aliphatic rings. The number of ether oxygens (including phenoxy) is 1. The number of anilines is 2. The van der Waals surface area contributed by atoms with E-state index in [2.05, 4.69) is 0 Å². The van der Waals surface area contributed by atoms with Gasteiger partial charge in [-0.1, -0.05) is 47.5 Å². The van der Waals surface area contributed by atoms with E-state index in [1.54, 1.807) is 48.5 Å².